The summed E-state index contributed by atoms with van der Waals surface area (Å²) in [5.41, 5.74) is 9.31. The third-order valence-electron chi connectivity index (χ3n) is 8.21. The van der Waals surface area contributed by atoms with Crippen molar-refractivity contribution in [3.8, 4) is 6.07 Å². The summed E-state index contributed by atoms with van der Waals surface area (Å²) in [4.78, 5) is 35.7. The lowest BCUT2D eigenvalue weighted by molar-refractivity contribution is -0.141. The van der Waals surface area contributed by atoms with Crippen molar-refractivity contribution in [2.75, 3.05) is 13.1 Å². The molecule has 8 nitrogen and oxygen atoms in total. The molecule has 1 aromatic carbocycles. The summed E-state index contributed by atoms with van der Waals surface area (Å²) >= 11 is 0. The molecule has 3 saturated heterocycles. The van der Waals surface area contributed by atoms with Crippen molar-refractivity contribution in [3.05, 3.63) is 40.7 Å². The van der Waals surface area contributed by atoms with Gasteiger partial charge in [-0.05, 0) is 43.6 Å². The normalized spacial score (nSPS) is 35.4. The molecule has 4 fully saturated rings. The number of hydrogen-bond donors (Lipinski definition) is 1. The number of nitrogens with zero attached hydrogens (tertiary/aromatic N) is 5. The third kappa shape index (κ3) is 2.80. The first-order chi connectivity index (χ1) is 15.5. The number of carbonyl (C=O) groups excluding carboxylic acids is 2. The van der Waals surface area contributed by atoms with Gasteiger partial charge in [-0.2, -0.15) is 5.26 Å². The largest absolute Gasteiger partial charge is 0.330 e. The van der Waals surface area contributed by atoms with Crippen molar-refractivity contribution in [3.63, 3.8) is 0 Å². The van der Waals surface area contributed by atoms with Crippen molar-refractivity contribution in [2.24, 2.45) is 11.7 Å². The highest BCUT2D eigenvalue weighted by atomic mass is 16.2. The minimum atomic E-state index is -0.704. The Bertz CT molecular complexity index is 1090. The van der Waals surface area contributed by atoms with Crippen LogP contribution in [0.2, 0.25) is 0 Å². The number of piperidine rings is 1. The van der Waals surface area contributed by atoms with Gasteiger partial charge >= 0.3 is 0 Å². The first-order valence-corrected chi connectivity index (χ1v) is 11.5. The average Bonchev–Trinajstić information content (AvgIpc) is 3.14. The van der Waals surface area contributed by atoms with E-state index in [1.165, 1.54) is 11.1 Å². The summed E-state index contributed by atoms with van der Waals surface area (Å²) in [6, 6.07) is 7.20. The van der Waals surface area contributed by atoms with Crippen molar-refractivity contribution in [1.29, 1.82) is 5.26 Å². The van der Waals surface area contributed by atoms with Crippen molar-refractivity contribution in [1.82, 2.24) is 14.7 Å². The van der Waals surface area contributed by atoms with E-state index >= 15 is 0 Å². The number of carbonyl (C=O) groups is 2. The summed E-state index contributed by atoms with van der Waals surface area (Å²) in [5.74, 6) is 0.453. The molecule has 5 aliphatic rings. The fourth-order valence-electron chi connectivity index (χ4n) is 6.65. The van der Waals surface area contributed by atoms with Crippen molar-refractivity contribution >= 4 is 17.5 Å². The number of piperazine rings is 1. The first kappa shape index (κ1) is 19.7. The van der Waals surface area contributed by atoms with Crippen LogP contribution in [0.25, 0.3) is 4.85 Å². The van der Waals surface area contributed by atoms with Gasteiger partial charge in [-0.1, -0.05) is 23.8 Å². The van der Waals surface area contributed by atoms with E-state index in [9.17, 15) is 14.9 Å². The van der Waals surface area contributed by atoms with Crippen LogP contribution in [-0.2, 0) is 16.0 Å². The van der Waals surface area contributed by atoms with Gasteiger partial charge in [0.25, 0.3) is 0 Å². The molecule has 2 bridgehead atoms. The van der Waals surface area contributed by atoms with Gasteiger partial charge in [-0.15, -0.1) is 0 Å². The molecule has 1 saturated carbocycles. The number of amides is 2. The Kier molecular flexibility index (Phi) is 4.33. The minimum Gasteiger partial charge on any atom is -0.330 e. The van der Waals surface area contributed by atoms with Crippen molar-refractivity contribution < 1.29 is 9.59 Å². The number of rotatable bonds is 4. The van der Waals surface area contributed by atoms with E-state index in [1.807, 2.05) is 18.2 Å². The maximum Gasteiger partial charge on any atom is 0.242 e. The van der Waals surface area contributed by atoms with Crippen LogP contribution in [0.4, 0.5) is 5.69 Å². The molecule has 1 unspecified atom stereocenters. The molecule has 2 N–H and O–H groups in total. The van der Waals surface area contributed by atoms with Crippen LogP contribution >= 0.6 is 0 Å². The first-order valence-electron chi connectivity index (χ1n) is 11.5. The molecule has 6 rings (SSSR count). The Hall–Kier alpha value is -2.94. The number of nitriles is 1. The van der Waals surface area contributed by atoms with Gasteiger partial charge in [0, 0.05) is 25.2 Å². The number of aryl methyl sites for hydroxylation is 1. The van der Waals surface area contributed by atoms with Crippen LogP contribution in [0, 0.1) is 23.8 Å². The predicted molar refractivity (Wildman–Crippen MR) is 115 cm³/mol. The number of likely N-dealkylation sites (tertiary alicyclic amines) is 3. The van der Waals surface area contributed by atoms with Gasteiger partial charge in [-0.25, -0.2) is 4.85 Å². The standard InChI is InChI=1S/C24H26N6O2/c1-27-15-3-4-18-13(6-15)2-5-20(18)30-17-9-22(24(30)32)28(11-17)12-19(26)23(31)29-16(10-25)7-14-8-21(14)29/h3-4,6,14,16-17,19-22H,2,5,7-9,11-12,26H2/t14-,16+,17?,19+,20+,21+,22+/m1/s1. The fraction of sp³-hybridized carbons (Fsp3) is 0.583. The van der Waals surface area contributed by atoms with E-state index in [0.29, 0.717) is 18.2 Å². The van der Waals surface area contributed by atoms with E-state index in [0.717, 1.165) is 38.6 Å². The lowest BCUT2D eigenvalue weighted by Gasteiger charge is -2.38. The molecule has 0 radical (unpaired) electrons. The van der Waals surface area contributed by atoms with Crippen molar-refractivity contribution in [2.45, 2.75) is 68.4 Å². The predicted octanol–water partition coefficient (Wildman–Crippen LogP) is 1.35. The molecule has 164 valence electrons. The number of hydrogen-bond acceptors (Lipinski definition) is 5. The molecule has 1 aromatic rings. The van der Waals surface area contributed by atoms with Gasteiger partial charge in [0.05, 0.1) is 30.8 Å². The molecule has 2 amide bonds. The molecule has 8 heteroatoms. The average molecular weight is 431 g/mol. The lowest BCUT2D eigenvalue weighted by atomic mass is 10.0. The van der Waals surface area contributed by atoms with Crippen LogP contribution < -0.4 is 5.73 Å². The maximum atomic E-state index is 13.3. The van der Waals surface area contributed by atoms with E-state index < -0.39 is 6.04 Å². The molecule has 3 heterocycles. The molecular weight excluding hydrogens is 404 g/mol. The Balaban J connectivity index is 1.13. The Morgan fingerprint density at radius 3 is 2.91 bits per heavy atom. The molecule has 32 heavy (non-hydrogen) atoms. The van der Waals surface area contributed by atoms with Gasteiger partial charge < -0.3 is 15.5 Å². The highest BCUT2D eigenvalue weighted by Gasteiger charge is 2.56. The van der Waals surface area contributed by atoms with Gasteiger partial charge in [-0.3, -0.25) is 14.5 Å². The summed E-state index contributed by atoms with van der Waals surface area (Å²) < 4.78 is 0. The molecule has 7 atom stereocenters. The number of nitrogens with two attached hydrogens (primary N) is 1. The zero-order valence-electron chi connectivity index (χ0n) is 17.9. The van der Waals surface area contributed by atoms with Crippen LogP contribution in [-0.4, -0.2) is 69.8 Å². The SMILES string of the molecule is [C-]#[N+]c1ccc2c(c1)CC[C@@H]2N1C(=O)[C@@H]2CC1CN2C[C@H](N)C(=O)N1[C@H](C#N)C[C@@H]2C[C@@H]21. The Morgan fingerprint density at radius 2 is 2.16 bits per heavy atom. The summed E-state index contributed by atoms with van der Waals surface area (Å²) in [5, 5.41) is 9.38. The van der Waals surface area contributed by atoms with Gasteiger partial charge in [0.15, 0.2) is 5.69 Å². The van der Waals surface area contributed by atoms with Gasteiger partial charge in [0.2, 0.25) is 11.8 Å². The second-order valence-electron chi connectivity index (χ2n) is 9.95. The van der Waals surface area contributed by atoms with Gasteiger partial charge in [0.1, 0.15) is 6.04 Å². The number of fused-ring (bicyclic) bond motifs is 4. The second kappa shape index (κ2) is 7.03. The summed E-state index contributed by atoms with van der Waals surface area (Å²) in [6.07, 6.45) is 4.32. The second-order valence-corrected chi connectivity index (χ2v) is 9.95. The molecule has 2 aliphatic carbocycles. The summed E-state index contributed by atoms with van der Waals surface area (Å²) in [7, 11) is 0. The zero-order valence-corrected chi connectivity index (χ0v) is 17.9. The molecule has 0 aromatic heterocycles. The van der Waals surface area contributed by atoms with E-state index in [2.05, 4.69) is 20.7 Å². The van der Waals surface area contributed by atoms with E-state index in [-0.39, 0.29) is 42.0 Å². The third-order valence-corrected chi connectivity index (χ3v) is 8.21. The highest BCUT2D eigenvalue weighted by molar-refractivity contribution is 5.87. The highest BCUT2D eigenvalue weighted by Crippen LogP contribution is 2.48. The van der Waals surface area contributed by atoms with Crippen LogP contribution in [0.5, 0.6) is 0 Å². The minimum absolute atomic E-state index is 0.0810. The number of benzene rings is 1. The molecular formula is C24H26N6O2. The van der Waals surface area contributed by atoms with Crippen LogP contribution in [0.15, 0.2) is 18.2 Å². The lowest BCUT2D eigenvalue weighted by Crippen LogP contribution is -2.57. The molecule has 0 spiro atoms. The molecule has 3 aliphatic heterocycles. The Labute approximate surface area is 187 Å². The van der Waals surface area contributed by atoms with Crippen LogP contribution in [0.1, 0.15) is 42.9 Å². The monoisotopic (exact) mass is 430 g/mol. The summed E-state index contributed by atoms with van der Waals surface area (Å²) in [6.45, 7) is 8.32. The Morgan fingerprint density at radius 1 is 1.31 bits per heavy atom. The smallest absolute Gasteiger partial charge is 0.242 e. The fourth-order valence-corrected chi connectivity index (χ4v) is 6.65. The van der Waals surface area contributed by atoms with E-state index in [4.69, 9.17) is 12.3 Å². The quantitative estimate of drug-likeness (QED) is 0.727. The topological polar surface area (TPSA) is 98.0 Å². The van der Waals surface area contributed by atoms with Crippen LogP contribution in [0.3, 0.4) is 0 Å². The zero-order chi connectivity index (χ0) is 22.1. The maximum absolute atomic E-state index is 13.3. The van der Waals surface area contributed by atoms with E-state index in [1.54, 1.807) is 4.90 Å².